The summed E-state index contributed by atoms with van der Waals surface area (Å²) in [5, 5.41) is 7.41. The Balaban J connectivity index is 1.71. The van der Waals surface area contributed by atoms with Crippen LogP contribution in [0.1, 0.15) is 5.69 Å². The summed E-state index contributed by atoms with van der Waals surface area (Å²) in [6.07, 6.45) is 1.41. The minimum atomic E-state index is -0.649. The smallest absolute Gasteiger partial charge is 0.362 e. The Morgan fingerprint density at radius 2 is 2.04 bits per heavy atom. The van der Waals surface area contributed by atoms with Crippen LogP contribution in [0.15, 0.2) is 47.3 Å². The average molecular weight is 375 g/mol. The molecule has 0 bridgehead atoms. The summed E-state index contributed by atoms with van der Waals surface area (Å²) < 4.78 is 0. The number of nitrogen functional groups attached to an aromatic ring is 1. The molecule has 0 aliphatic heterocycles. The lowest BCUT2D eigenvalue weighted by atomic mass is 10.3. The molecule has 2 amide bonds. The van der Waals surface area contributed by atoms with Crippen molar-refractivity contribution in [1.82, 2.24) is 9.97 Å². The summed E-state index contributed by atoms with van der Waals surface area (Å²) in [5.41, 5.74) is 6.59. The molecule has 0 atom stereocenters. The zero-order valence-corrected chi connectivity index (χ0v) is 14.4. The number of hydrogen-bond acceptors (Lipinski definition) is 8. The first kappa shape index (κ1) is 16.9. The maximum Gasteiger partial charge on any atom is 0.362 e. The Morgan fingerprint density at radius 1 is 1.24 bits per heavy atom. The first-order valence-electron chi connectivity index (χ1n) is 7.08. The van der Waals surface area contributed by atoms with Crippen molar-refractivity contribution in [3.05, 3.63) is 53.0 Å². The van der Waals surface area contributed by atoms with E-state index in [0.717, 1.165) is 5.06 Å². The number of thiazole rings is 2. The Kier molecular flexibility index (Phi) is 5.21. The fourth-order valence-corrected chi connectivity index (χ4v) is 3.01. The monoisotopic (exact) mass is 375 g/mol. The second-order valence-corrected chi connectivity index (χ2v) is 6.49. The molecule has 2 heterocycles. The van der Waals surface area contributed by atoms with Crippen molar-refractivity contribution < 1.29 is 14.4 Å². The van der Waals surface area contributed by atoms with Gasteiger partial charge in [0, 0.05) is 22.6 Å². The molecule has 128 valence electrons. The molecule has 0 spiro atoms. The third-order valence-corrected chi connectivity index (χ3v) is 4.35. The van der Waals surface area contributed by atoms with Gasteiger partial charge in [-0.3, -0.25) is 0 Å². The van der Waals surface area contributed by atoms with Gasteiger partial charge in [0.25, 0.3) is 0 Å². The zero-order valence-electron chi connectivity index (χ0n) is 12.8. The van der Waals surface area contributed by atoms with E-state index in [9.17, 15) is 9.59 Å². The number of carbonyl (C=O) groups is 2. The van der Waals surface area contributed by atoms with Crippen LogP contribution in [0.25, 0.3) is 0 Å². The number of nitrogens with zero attached hydrogens (tertiary/aromatic N) is 3. The van der Waals surface area contributed by atoms with Gasteiger partial charge in [0.05, 0.1) is 12.1 Å². The van der Waals surface area contributed by atoms with Gasteiger partial charge in [-0.1, -0.05) is 23.3 Å². The summed E-state index contributed by atoms with van der Waals surface area (Å²) >= 11 is 2.39. The summed E-state index contributed by atoms with van der Waals surface area (Å²) in [7, 11) is 0. The first-order valence-corrected chi connectivity index (χ1v) is 8.84. The number of carbonyl (C=O) groups excluding carboxylic acids is 2. The molecule has 0 fully saturated rings. The molecule has 8 nitrogen and oxygen atoms in total. The molecule has 0 aliphatic carbocycles. The molecule has 10 heteroatoms. The van der Waals surface area contributed by atoms with Crippen LogP contribution in [-0.2, 0) is 16.1 Å². The summed E-state index contributed by atoms with van der Waals surface area (Å²) in [6.45, 7) is 0. The van der Waals surface area contributed by atoms with E-state index in [-0.39, 0.29) is 11.6 Å². The van der Waals surface area contributed by atoms with Gasteiger partial charge in [-0.2, -0.15) is 0 Å². The lowest BCUT2D eigenvalue weighted by Crippen LogP contribution is -2.37. The van der Waals surface area contributed by atoms with Gasteiger partial charge in [0.1, 0.15) is 0 Å². The predicted molar refractivity (Wildman–Crippen MR) is 96.4 cm³/mol. The predicted octanol–water partition coefficient (Wildman–Crippen LogP) is 2.92. The molecule has 25 heavy (non-hydrogen) atoms. The van der Waals surface area contributed by atoms with Crippen LogP contribution in [0.2, 0.25) is 0 Å². The number of hydroxylamine groups is 1. The average Bonchev–Trinajstić information content (AvgIpc) is 3.25. The van der Waals surface area contributed by atoms with Crippen molar-refractivity contribution in [3.8, 4) is 0 Å². The maximum absolute atomic E-state index is 12.5. The van der Waals surface area contributed by atoms with E-state index in [4.69, 9.17) is 10.6 Å². The number of anilines is 3. The summed E-state index contributed by atoms with van der Waals surface area (Å²) in [4.78, 5) is 37.8. The molecule has 3 aromatic rings. The third kappa shape index (κ3) is 4.52. The molecule has 3 rings (SSSR count). The largest absolute Gasteiger partial charge is 0.375 e. The van der Waals surface area contributed by atoms with Crippen LogP contribution < -0.4 is 16.1 Å². The van der Waals surface area contributed by atoms with Crippen LogP contribution in [-0.4, -0.2) is 22.0 Å². The lowest BCUT2D eigenvalue weighted by molar-refractivity contribution is -0.143. The zero-order chi connectivity index (χ0) is 17.6. The minimum Gasteiger partial charge on any atom is -0.375 e. The van der Waals surface area contributed by atoms with Crippen molar-refractivity contribution in [2.24, 2.45) is 0 Å². The van der Waals surface area contributed by atoms with Crippen LogP contribution in [0.4, 0.5) is 20.7 Å². The number of para-hydroxylation sites is 1. The highest BCUT2D eigenvalue weighted by atomic mass is 32.1. The molecule has 0 unspecified atom stereocenters. The Bertz CT molecular complexity index is 851. The third-order valence-electron chi connectivity index (χ3n) is 2.89. The van der Waals surface area contributed by atoms with Crippen LogP contribution in [0.5, 0.6) is 0 Å². The van der Waals surface area contributed by atoms with Crippen LogP contribution in [0, 0.1) is 0 Å². The Labute approximate surface area is 150 Å². The van der Waals surface area contributed by atoms with Crippen molar-refractivity contribution >= 4 is 50.6 Å². The number of benzene rings is 1. The van der Waals surface area contributed by atoms with E-state index >= 15 is 0 Å². The normalized spacial score (nSPS) is 10.2. The molecule has 2 aromatic heterocycles. The Morgan fingerprint density at radius 3 is 2.68 bits per heavy atom. The lowest BCUT2D eigenvalue weighted by Gasteiger charge is -2.18. The van der Waals surface area contributed by atoms with Crippen LogP contribution >= 0.6 is 22.7 Å². The van der Waals surface area contributed by atoms with Gasteiger partial charge in [-0.15, -0.1) is 22.7 Å². The van der Waals surface area contributed by atoms with E-state index in [2.05, 4.69) is 15.3 Å². The second-order valence-electron chi connectivity index (χ2n) is 4.72. The van der Waals surface area contributed by atoms with Gasteiger partial charge in [0.2, 0.25) is 5.13 Å². The topological polar surface area (TPSA) is 110 Å². The molecule has 0 saturated heterocycles. The molecular weight excluding hydrogens is 362 g/mol. The van der Waals surface area contributed by atoms with E-state index in [1.165, 1.54) is 28.9 Å². The van der Waals surface area contributed by atoms with E-state index < -0.39 is 12.0 Å². The number of hydrogen-bond donors (Lipinski definition) is 2. The van der Waals surface area contributed by atoms with Crippen molar-refractivity contribution in [3.63, 3.8) is 0 Å². The fourth-order valence-electron chi connectivity index (χ4n) is 1.87. The molecular formula is C15H13N5O3S2. The van der Waals surface area contributed by atoms with Crippen LogP contribution in [0.3, 0.4) is 0 Å². The van der Waals surface area contributed by atoms with E-state index in [1.807, 2.05) is 6.07 Å². The summed E-state index contributed by atoms with van der Waals surface area (Å²) in [5.74, 6) is -0.649. The quantitative estimate of drug-likeness (QED) is 0.678. The van der Waals surface area contributed by atoms with Gasteiger partial charge >= 0.3 is 12.0 Å². The number of rotatable bonds is 4. The van der Waals surface area contributed by atoms with Gasteiger partial charge in [-0.05, 0) is 12.1 Å². The number of urea groups is 1. The van der Waals surface area contributed by atoms with Gasteiger partial charge in [-0.25, -0.2) is 19.6 Å². The molecule has 0 saturated carbocycles. The molecule has 0 radical (unpaired) electrons. The Hall–Kier alpha value is -2.98. The highest BCUT2D eigenvalue weighted by molar-refractivity contribution is 7.14. The van der Waals surface area contributed by atoms with Gasteiger partial charge < -0.3 is 15.9 Å². The maximum atomic E-state index is 12.5. The standard InChI is InChI=1S/C15H13N5O3S2/c16-13-18-11(9-25-13)8-12(21)23-20(15-17-6-7-24-15)14(22)19-10-4-2-1-3-5-10/h1-7,9H,8H2,(H2,16,18)(H,19,22). The van der Waals surface area contributed by atoms with E-state index in [1.54, 1.807) is 35.0 Å². The second kappa shape index (κ2) is 7.73. The van der Waals surface area contributed by atoms with Crippen molar-refractivity contribution in [2.75, 3.05) is 16.1 Å². The van der Waals surface area contributed by atoms with Crippen molar-refractivity contribution in [1.29, 1.82) is 0 Å². The number of nitrogens with one attached hydrogen (secondary N) is 1. The molecule has 1 aromatic carbocycles. The number of aromatic nitrogens is 2. The van der Waals surface area contributed by atoms with Gasteiger partial charge in [0.15, 0.2) is 5.13 Å². The minimum absolute atomic E-state index is 0.103. The highest BCUT2D eigenvalue weighted by Crippen LogP contribution is 2.20. The van der Waals surface area contributed by atoms with Crippen molar-refractivity contribution in [2.45, 2.75) is 6.42 Å². The van der Waals surface area contributed by atoms with E-state index in [0.29, 0.717) is 16.5 Å². The molecule has 0 aliphatic rings. The highest BCUT2D eigenvalue weighted by Gasteiger charge is 2.24. The number of nitrogens with two attached hydrogens (primary N) is 1. The first-order chi connectivity index (χ1) is 12.1. The summed E-state index contributed by atoms with van der Waals surface area (Å²) in [6, 6.07) is 8.19. The fraction of sp³-hybridized carbons (Fsp3) is 0.0667. The number of amides is 2. The molecule has 3 N–H and O–H groups in total. The SMILES string of the molecule is Nc1nc(CC(=O)ON(C(=O)Nc2ccccc2)c2nccs2)cs1.